The Kier molecular flexibility index (Phi) is 5.14. The molecule has 106 valence electrons. The highest BCUT2D eigenvalue weighted by molar-refractivity contribution is 5.92. The van der Waals surface area contributed by atoms with E-state index in [9.17, 15) is 4.79 Å². The molecular weight excluding hydrogens is 250 g/mol. The van der Waals surface area contributed by atoms with E-state index >= 15 is 0 Å². The molecule has 0 radical (unpaired) electrons. The molecule has 1 amide bonds. The number of carbonyl (C=O) groups is 1. The van der Waals surface area contributed by atoms with Crippen molar-refractivity contribution < 1.29 is 4.79 Å². The number of hydrogen-bond donors (Lipinski definition) is 1. The van der Waals surface area contributed by atoms with Crippen molar-refractivity contribution in [2.45, 2.75) is 38.6 Å². The van der Waals surface area contributed by atoms with Crippen LogP contribution in [-0.4, -0.2) is 29.9 Å². The fourth-order valence-electron chi connectivity index (χ4n) is 2.80. The van der Waals surface area contributed by atoms with Gasteiger partial charge >= 0.3 is 0 Å². The third-order valence-corrected chi connectivity index (χ3v) is 3.92. The number of rotatable bonds is 5. The SMILES string of the molecule is CCC1CCCN1CCC(=O)Nc1ccccc1C#N. The molecule has 1 fully saturated rings. The second kappa shape index (κ2) is 7.06. The average Bonchev–Trinajstić information content (AvgIpc) is 2.93. The van der Waals surface area contributed by atoms with E-state index in [1.165, 1.54) is 12.8 Å². The Morgan fingerprint density at radius 2 is 2.30 bits per heavy atom. The van der Waals surface area contributed by atoms with Crippen LogP contribution >= 0.6 is 0 Å². The van der Waals surface area contributed by atoms with Gasteiger partial charge in [0.2, 0.25) is 5.91 Å². The van der Waals surface area contributed by atoms with Gasteiger partial charge in [-0.25, -0.2) is 0 Å². The maximum atomic E-state index is 12.0. The van der Waals surface area contributed by atoms with Crippen molar-refractivity contribution in [1.82, 2.24) is 4.90 Å². The maximum Gasteiger partial charge on any atom is 0.225 e. The molecule has 0 saturated carbocycles. The van der Waals surface area contributed by atoms with E-state index in [0.717, 1.165) is 19.5 Å². The molecule has 1 unspecified atom stereocenters. The first-order valence-corrected chi connectivity index (χ1v) is 7.27. The van der Waals surface area contributed by atoms with E-state index in [1.54, 1.807) is 18.2 Å². The summed E-state index contributed by atoms with van der Waals surface area (Å²) in [4.78, 5) is 14.4. The van der Waals surface area contributed by atoms with Crippen molar-refractivity contribution in [3.05, 3.63) is 29.8 Å². The topological polar surface area (TPSA) is 56.1 Å². The third kappa shape index (κ3) is 3.58. The highest BCUT2D eigenvalue weighted by Gasteiger charge is 2.22. The Morgan fingerprint density at radius 3 is 3.05 bits per heavy atom. The summed E-state index contributed by atoms with van der Waals surface area (Å²) in [5.74, 6) is -0.0190. The second-order valence-electron chi connectivity index (χ2n) is 5.20. The van der Waals surface area contributed by atoms with E-state index in [0.29, 0.717) is 23.7 Å². The molecule has 1 atom stereocenters. The van der Waals surface area contributed by atoms with Gasteiger partial charge in [-0.05, 0) is 37.9 Å². The van der Waals surface area contributed by atoms with Crippen molar-refractivity contribution in [1.29, 1.82) is 5.26 Å². The van der Waals surface area contributed by atoms with Crippen molar-refractivity contribution in [2.24, 2.45) is 0 Å². The normalized spacial score (nSPS) is 18.7. The maximum absolute atomic E-state index is 12.0. The van der Waals surface area contributed by atoms with Crippen LogP contribution in [-0.2, 0) is 4.79 Å². The van der Waals surface area contributed by atoms with Gasteiger partial charge < -0.3 is 5.32 Å². The van der Waals surface area contributed by atoms with Gasteiger partial charge in [-0.15, -0.1) is 0 Å². The Hall–Kier alpha value is -1.86. The monoisotopic (exact) mass is 271 g/mol. The van der Waals surface area contributed by atoms with Gasteiger partial charge in [0.1, 0.15) is 6.07 Å². The number of nitrogens with one attached hydrogen (secondary N) is 1. The minimum absolute atomic E-state index is 0.0190. The molecule has 20 heavy (non-hydrogen) atoms. The van der Waals surface area contributed by atoms with E-state index in [1.807, 2.05) is 6.07 Å². The summed E-state index contributed by atoms with van der Waals surface area (Å²) in [5.41, 5.74) is 1.11. The molecule has 1 heterocycles. The standard InChI is InChI=1S/C16H21N3O/c1-2-14-7-5-10-19(14)11-9-16(20)18-15-8-4-3-6-13(15)12-17/h3-4,6,8,14H,2,5,7,9-11H2,1H3,(H,18,20). The zero-order valence-electron chi connectivity index (χ0n) is 11.9. The fourth-order valence-corrected chi connectivity index (χ4v) is 2.80. The Labute approximate surface area is 120 Å². The number of carbonyl (C=O) groups excluding carboxylic acids is 1. The quantitative estimate of drug-likeness (QED) is 0.896. The van der Waals surface area contributed by atoms with Crippen LogP contribution < -0.4 is 5.32 Å². The van der Waals surface area contributed by atoms with Crippen LogP contribution in [0.25, 0.3) is 0 Å². The summed E-state index contributed by atoms with van der Waals surface area (Å²) >= 11 is 0. The largest absolute Gasteiger partial charge is 0.325 e. The fraction of sp³-hybridized carbons (Fsp3) is 0.500. The highest BCUT2D eigenvalue weighted by atomic mass is 16.1. The lowest BCUT2D eigenvalue weighted by atomic mass is 10.1. The van der Waals surface area contributed by atoms with Crippen molar-refractivity contribution in [3.63, 3.8) is 0 Å². The summed E-state index contributed by atoms with van der Waals surface area (Å²) < 4.78 is 0. The van der Waals surface area contributed by atoms with Gasteiger partial charge in [0.25, 0.3) is 0 Å². The van der Waals surface area contributed by atoms with E-state index in [4.69, 9.17) is 5.26 Å². The summed E-state index contributed by atoms with van der Waals surface area (Å²) in [5, 5.41) is 11.8. The van der Waals surface area contributed by atoms with Crippen LogP contribution in [0.5, 0.6) is 0 Å². The molecule has 1 aromatic rings. The minimum atomic E-state index is -0.0190. The predicted octanol–water partition coefficient (Wildman–Crippen LogP) is 2.76. The molecule has 2 rings (SSSR count). The first kappa shape index (κ1) is 14.5. The van der Waals surface area contributed by atoms with E-state index in [-0.39, 0.29) is 5.91 Å². The van der Waals surface area contributed by atoms with Crippen LogP contribution in [0.2, 0.25) is 0 Å². The summed E-state index contributed by atoms with van der Waals surface area (Å²) in [6.45, 7) is 4.10. The zero-order valence-corrected chi connectivity index (χ0v) is 11.9. The Balaban J connectivity index is 1.85. The molecular formula is C16H21N3O. The van der Waals surface area contributed by atoms with E-state index in [2.05, 4.69) is 23.2 Å². The van der Waals surface area contributed by atoms with Crippen molar-refractivity contribution >= 4 is 11.6 Å². The number of benzene rings is 1. The first-order chi connectivity index (χ1) is 9.74. The number of likely N-dealkylation sites (tertiary alicyclic amines) is 1. The summed E-state index contributed by atoms with van der Waals surface area (Å²) in [6.07, 6.45) is 4.11. The average molecular weight is 271 g/mol. The number of amides is 1. The lowest BCUT2D eigenvalue weighted by Crippen LogP contribution is -2.32. The lowest BCUT2D eigenvalue weighted by molar-refractivity contribution is -0.116. The molecule has 4 nitrogen and oxygen atoms in total. The second-order valence-corrected chi connectivity index (χ2v) is 5.20. The van der Waals surface area contributed by atoms with Crippen LogP contribution in [0.15, 0.2) is 24.3 Å². The summed E-state index contributed by atoms with van der Waals surface area (Å²) in [6, 6.07) is 9.82. The number of nitrogens with zero attached hydrogens (tertiary/aromatic N) is 2. The van der Waals surface area contributed by atoms with Crippen LogP contribution in [0.4, 0.5) is 5.69 Å². The predicted molar refractivity (Wildman–Crippen MR) is 79.3 cm³/mol. The molecule has 0 spiro atoms. The lowest BCUT2D eigenvalue weighted by Gasteiger charge is -2.22. The molecule has 1 aliphatic heterocycles. The van der Waals surface area contributed by atoms with Crippen LogP contribution in [0.1, 0.15) is 38.2 Å². The number of anilines is 1. The Morgan fingerprint density at radius 1 is 1.50 bits per heavy atom. The van der Waals surface area contributed by atoms with Gasteiger partial charge in [0.15, 0.2) is 0 Å². The first-order valence-electron chi connectivity index (χ1n) is 7.27. The van der Waals surface area contributed by atoms with Gasteiger partial charge in [0, 0.05) is 19.0 Å². The molecule has 0 bridgehead atoms. The van der Waals surface area contributed by atoms with Gasteiger partial charge in [-0.2, -0.15) is 5.26 Å². The minimum Gasteiger partial charge on any atom is -0.325 e. The number of para-hydroxylation sites is 1. The molecule has 1 saturated heterocycles. The molecule has 1 aliphatic rings. The van der Waals surface area contributed by atoms with Crippen LogP contribution in [0.3, 0.4) is 0 Å². The third-order valence-electron chi connectivity index (χ3n) is 3.92. The molecule has 4 heteroatoms. The smallest absolute Gasteiger partial charge is 0.225 e. The molecule has 1 N–H and O–H groups in total. The zero-order chi connectivity index (χ0) is 14.4. The number of nitriles is 1. The highest BCUT2D eigenvalue weighted by Crippen LogP contribution is 2.20. The van der Waals surface area contributed by atoms with Gasteiger partial charge in [0.05, 0.1) is 11.3 Å². The van der Waals surface area contributed by atoms with Crippen molar-refractivity contribution in [3.8, 4) is 6.07 Å². The van der Waals surface area contributed by atoms with Crippen LogP contribution in [0, 0.1) is 11.3 Å². The van der Waals surface area contributed by atoms with Crippen molar-refractivity contribution in [2.75, 3.05) is 18.4 Å². The number of hydrogen-bond acceptors (Lipinski definition) is 3. The molecule has 0 aliphatic carbocycles. The molecule has 1 aromatic carbocycles. The Bertz CT molecular complexity index is 507. The summed E-state index contributed by atoms with van der Waals surface area (Å²) in [7, 11) is 0. The van der Waals surface area contributed by atoms with Gasteiger partial charge in [-0.1, -0.05) is 19.1 Å². The molecule has 0 aromatic heterocycles. The van der Waals surface area contributed by atoms with Gasteiger partial charge in [-0.3, -0.25) is 9.69 Å². The van der Waals surface area contributed by atoms with E-state index < -0.39 is 0 Å².